The van der Waals surface area contributed by atoms with Crippen LogP contribution in [0.15, 0.2) is 18.2 Å². The molecule has 0 unspecified atom stereocenters. The highest BCUT2D eigenvalue weighted by Gasteiger charge is 2.17. The molecule has 1 aromatic carbocycles. The van der Waals surface area contributed by atoms with E-state index < -0.39 is 23.6 Å². The minimum Gasteiger partial charge on any atom is -0.351 e. The van der Waals surface area contributed by atoms with Crippen LogP contribution in [0.4, 0.5) is 0 Å². The molecule has 1 rings (SSSR count). The number of carbonyl (C=O) groups excluding carboxylic acids is 6. The highest BCUT2D eigenvalue weighted by atomic mass is 16.2. The first-order valence-corrected chi connectivity index (χ1v) is 21.4. The van der Waals surface area contributed by atoms with Crippen LogP contribution in [-0.4, -0.2) is 207 Å². The van der Waals surface area contributed by atoms with Gasteiger partial charge in [0.05, 0.1) is 11.1 Å². The lowest BCUT2D eigenvalue weighted by molar-refractivity contribution is -0.139. The highest BCUT2D eigenvalue weighted by molar-refractivity contribution is 6.35. The Labute approximate surface area is 361 Å². The summed E-state index contributed by atoms with van der Waals surface area (Å²) in [6.45, 7) is 16.3. The number of hydrogen-bond donors (Lipinski definition) is 16. The third-order valence-corrected chi connectivity index (χ3v) is 8.62. The van der Waals surface area contributed by atoms with Crippen molar-refractivity contribution in [2.24, 2.45) is 0 Å². The molecule has 0 saturated heterocycles. The molecule has 22 nitrogen and oxygen atoms in total. The number of likely N-dealkylation sites (N-methyl/N-ethyl adjacent to an activating group) is 2. The average Bonchev–Trinajstić information content (AvgIpc) is 3.25. The number of benzene rings is 1. The summed E-state index contributed by atoms with van der Waals surface area (Å²) in [6, 6.07) is 5.13. The molecule has 0 spiro atoms. The minimum atomic E-state index is -0.669. The molecule has 0 aliphatic rings. The van der Waals surface area contributed by atoms with Crippen LogP contribution < -0.4 is 85.1 Å². The van der Waals surface area contributed by atoms with Crippen LogP contribution in [-0.2, 0) is 19.2 Å². The van der Waals surface area contributed by atoms with Crippen molar-refractivity contribution in [1.29, 1.82) is 0 Å². The van der Waals surface area contributed by atoms with Crippen LogP contribution in [0.25, 0.3) is 0 Å². The molecule has 6 amide bonds. The Hall–Kier alpha value is -4.36. The molecule has 0 radical (unpaired) electrons. The number of aryl methyl sites for hydroxylation is 1. The van der Waals surface area contributed by atoms with E-state index in [0.29, 0.717) is 116 Å². The predicted octanol–water partition coefficient (Wildman–Crippen LogP) is -6.92. The molecule has 1 aromatic rings. The molecule has 0 heterocycles. The third-order valence-electron chi connectivity index (χ3n) is 8.62. The summed E-state index contributed by atoms with van der Waals surface area (Å²) in [4.78, 5) is 73.7. The molecule has 0 atom stereocenters. The largest absolute Gasteiger partial charge is 0.351 e. The Bertz CT molecular complexity index is 1380. The maximum atomic E-state index is 13.0. The van der Waals surface area contributed by atoms with E-state index in [-0.39, 0.29) is 11.8 Å². The molecule has 16 N–H and O–H groups in total. The number of amides is 6. The van der Waals surface area contributed by atoms with Crippen molar-refractivity contribution in [2.75, 3.05) is 171 Å². The van der Waals surface area contributed by atoms with E-state index in [2.05, 4.69) is 85.1 Å². The lowest BCUT2D eigenvalue weighted by atomic mass is 10.0. The molecule has 348 valence electrons. The van der Waals surface area contributed by atoms with Gasteiger partial charge < -0.3 is 85.1 Å². The van der Waals surface area contributed by atoms with Crippen molar-refractivity contribution in [3.8, 4) is 0 Å². The van der Waals surface area contributed by atoms with E-state index >= 15 is 0 Å². The molecular weight excluding hydrogens is 789 g/mol. The lowest BCUT2D eigenvalue weighted by Crippen LogP contribution is -2.44. The van der Waals surface area contributed by atoms with Gasteiger partial charge in [0.25, 0.3) is 11.8 Å². The van der Waals surface area contributed by atoms with Crippen LogP contribution in [0.5, 0.6) is 0 Å². The van der Waals surface area contributed by atoms with E-state index in [4.69, 9.17) is 0 Å². The first kappa shape index (κ1) is 54.7. The Morgan fingerprint density at radius 3 is 0.869 bits per heavy atom. The van der Waals surface area contributed by atoms with E-state index in [1.165, 1.54) is 0 Å². The van der Waals surface area contributed by atoms with Crippen LogP contribution in [0.3, 0.4) is 0 Å². The van der Waals surface area contributed by atoms with Crippen LogP contribution in [0.1, 0.15) is 26.3 Å². The van der Waals surface area contributed by atoms with Gasteiger partial charge >= 0.3 is 23.6 Å². The summed E-state index contributed by atoms with van der Waals surface area (Å²) in [5.41, 5.74) is 1.45. The van der Waals surface area contributed by atoms with E-state index in [1.54, 1.807) is 18.2 Å². The smallest absolute Gasteiger partial charge is 0.309 e. The van der Waals surface area contributed by atoms with Crippen molar-refractivity contribution in [3.63, 3.8) is 0 Å². The van der Waals surface area contributed by atoms with E-state index in [0.717, 1.165) is 57.9 Å². The topological polar surface area (TPSA) is 295 Å². The fourth-order valence-electron chi connectivity index (χ4n) is 5.28. The van der Waals surface area contributed by atoms with Gasteiger partial charge in [0.2, 0.25) is 0 Å². The minimum absolute atomic E-state index is 0.291. The van der Waals surface area contributed by atoms with E-state index in [9.17, 15) is 28.8 Å². The molecule has 0 fully saturated rings. The van der Waals surface area contributed by atoms with Gasteiger partial charge in [0, 0.05) is 157 Å². The van der Waals surface area contributed by atoms with Gasteiger partial charge in [-0.15, -0.1) is 0 Å². The number of hydrogen-bond acceptors (Lipinski definition) is 16. The molecule has 0 aliphatic carbocycles. The summed E-state index contributed by atoms with van der Waals surface area (Å²) >= 11 is 0. The van der Waals surface area contributed by atoms with Gasteiger partial charge in [-0.2, -0.15) is 0 Å². The predicted molar refractivity (Wildman–Crippen MR) is 239 cm³/mol. The van der Waals surface area contributed by atoms with Crippen molar-refractivity contribution in [3.05, 3.63) is 34.9 Å². The summed E-state index contributed by atoms with van der Waals surface area (Å²) in [5, 5.41) is 47.9. The van der Waals surface area contributed by atoms with Crippen molar-refractivity contribution in [1.82, 2.24) is 85.1 Å². The molecular formula is C39H76N16O6. The highest BCUT2D eigenvalue weighted by Crippen LogP contribution is 2.12. The Morgan fingerprint density at radius 1 is 0.328 bits per heavy atom. The second kappa shape index (κ2) is 38.6. The fourth-order valence-corrected chi connectivity index (χ4v) is 5.28. The van der Waals surface area contributed by atoms with Gasteiger partial charge in [-0.05, 0) is 33.2 Å². The average molecular weight is 865 g/mol. The van der Waals surface area contributed by atoms with Gasteiger partial charge in [-0.25, -0.2) is 0 Å². The number of carbonyl (C=O) groups is 6. The molecule has 0 saturated carbocycles. The zero-order valence-electron chi connectivity index (χ0n) is 36.7. The summed E-state index contributed by atoms with van der Waals surface area (Å²) in [7, 11) is 3.80. The van der Waals surface area contributed by atoms with Gasteiger partial charge in [-0.1, -0.05) is 11.6 Å². The Morgan fingerprint density at radius 2 is 0.574 bits per heavy atom. The number of rotatable bonds is 38. The Balaban J connectivity index is 2.09. The van der Waals surface area contributed by atoms with Gasteiger partial charge in [0.1, 0.15) is 0 Å². The second-order valence-electron chi connectivity index (χ2n) is 13.8. The lowest BCUT2D eigenvalue weighted by Gasteiger charge is -2.13. The third kappa shape index (κ3) is 30.3. The molecule has 0 bridgehead atoms. The second-order valence-corrected chi connectivity index (χ2v) is 13.8. The zero-order valence-corrected chi connectivity index (χ0v) is 36.7. The first-order chi connectivity index (χ1) is 29.7. The van der Waals surface area contributed by atoms with Gasteiger partial charge in [0.15, 0.2) is 0 Å². The number of nitrogens with one attached hydrogen (secondary N) is 16. The summed E-state index contributed by atoms with van der Waals surface area (Å²) < 4.78 is 0. The monoisotopic (exact) mass is 865 g/mol. The van der Waals surface area contributed by atoms with Crippen molar-refractivity contribution >= 4 is 35.4 Å². The normalized spacial score (nSPS) is 10.9. The standard InChI is InChI=1S/C39H76N16O6/c1-31-4-5-32(34(56)50-24-18-44-14-16-48-22-28-54-38(60)36(58)52-26-20-46-12-10-42-8-6-40-2)33(30-31)35(57)51-25-19-45-15-17-49-23-29-55-39(61)37(59)53-27-21-47-13-11-43-9-7-41-3/h4-5,30,40-49H,6-29H2,1-3H3,(H,50,56)(H,51,57)(H,52,58)(H,53,59)(H,54,60)(H,55,61). The quantitative estimate of drug-likeness (QED) is 0.0217. The maximum Gasteiger partial charge on any atom is 0.309 e. The van der Waals surface area contributed by atoms with E-state index in [1.807, 2.05) is 21.0 Å². The SMILES string of the molecule is CNCCNCCNCCNC(=O)C(=O)NCCNCCNCCNC(=O)c1ccc(C)cc1C(=O)NCCNCCNCCNC(=O)C(=O)NCCNCCNCCNC. The van der Waals surface area contributed by atoms with Crippen LogP contribution in [0.2, 0.25) is 0 Å². The van der Waals surface area contributed by atoms with Gasteiger partial charge in [-0.3, -0.25) is 28.8 Å². The summed E-state index contributed by atoms with van der Waals surface area (Å²) in [5.74, 6) is -3.34. The molecule has 61 heavy (non-hydrogen) atoms. The zero-order chi connectivity index (χ0) is 44.6. The van der Waals surface area contributed by atoms with Crippen LogP contribution >= 0.6 is 0 Å². The molecule has 0 aromatic heterocycles. The van der Waals surface area contributed by atoms with Crippen molar-refractivity contribution in [2.45, 2.75) is 6.92 Å². The molecule has 0 aliphatic heterocycles. The van der Waals surface area contributed by atoms with Crippen molar-refractivity contribution < 1.29 is 28.8 Å². The summed E-state index contributed by atoms with van der Waals surface area (Å²) in [6.07, 6.45) is 0. The Kier molecular flexibility index (Phi) is 34.5. The maximum absolute atomic E-state index is 13.0. The first-order valence-electron chi connectivity index (χ1n) is 21.4. The molecule has 22 heteroatoms. The fraction of sp³-hybridized carbons (Fsp3) is 0.692. The van der Waals surface area contributed by atoms with Crippen LogP contribution in [0, 0.1) is 6.92 Å².